The maximum Gasteiger partial charge on any atom is 0.256 e. The van der Waals surface area contributed by atoms with Gasteiger partial charge in [-0.25, -0.2) is 4.68 Å². The molecule has 4 nitrogen and oxygen atoms in total. The molecule has 25 heavy (non-hydrogen) atoms. The number of carbonyl (C=O) groups excluding carboxylic acids is 1. The van der Waals surface area contributed by atoms with Crippen molar-refractivity contribution in [1.29, 1.82) is 0 Å². The van der Waals surface area contributed by atoms with E-state index >= 15 is 0 Å². The Bertz CT molecular complexity index is 786. The molecule has 132 valence electrons. The second kappa shape index (κ2) is 6.49. The maximum atomic E-state index is 12.9. The number of rotatable bonds is 4. The van der Waals surface area contributed by atoms with Gasteiger partial charge in [0, 0.05) is 6.04 Å². The lowest BCUT2D eigenvalue weighted by Gasteiger charge is -2.28. The van der Waals surface area contributed by atoms with Crippen LogP contribution in [0.25, 0.3) is 5.69 Å². The summed E-state index contributed by atoms with van der Waals surface area (Å²) >= 11 is 6.50. The molecule has 2 saturated carbocycles. The molecule has 1 amide bonds. The van der Waals surface area contributed by atoms with Crippen LogP contribution in [0, 0.1) is 24.7 Å². The molecule has 2 aliphatic carbocycles. The highest BCUT2D eigenvalue weighted by atomic mass is 35.5. The molecule has 4 rings (SSSR count). The third kappa shape index (κ3) is 2.97. The molecule has 2 fully saturated rings. The van der Waals surface area contributed by atoms with Gasteiger partial charge in [-0.15, -0.1) is 0 Å². The van der Waals surface area contributed by atoms with E-state index in [1.54, 1.807) is 4.68 Å². The summed E-state index contributed by atoms with van der Waals surface area (Å²) in [5.74, 6) is 2.15. The second-order valence-corrected chi connectivity index (χ2v) is 7.96. The van der Waals surface area contributed by atoms with Gasteiger partial charge < -0.3 is 5.32 Å². The number of amides is 1. The van der Waals surface area contributed by atoms with E-state index < -0.39 is 0 Å². The van der Waals surface area contributed by atoms with Gasteiger partial charge in [0.15, 0.2) is 0 Å². The average molecular weight is 358 g/mol. The zero-order chi connectivity index (χ0) is 17.6. The van der Waals surface area contributed by atoms with Crippen molar-refractivity contribution in [1.82, 2.24) is 15.1 Å². The van der Waals surface area contributed by atoms with Crippen LogP contribution in [-0.2, 0) is 0 Å². The first-order valence-electron chi connectivity index (χ1n) is 9.16. The summed E-state index contributed by atoms with van der Waals surface area (Å²) in [5, 5.41) is 8.04. The summed E-state index contributed by atoms with van der Waals surface area (Å²) < 4.78 is 1.63. The molecule has 1 aromatic heterocycles. The highest BCUT2D eigenvalue weighted by Gasteiger charge is 2.42. The number of halogens is 1. The van der Waals surface area contributed by atoms with Crippen LogP contribution in [0.5, 0.6) is 0 Å². The minimum atomic E-state index is -0.111. The monoisotopic (exact) mass is 357 g/mol. The number of hydrogen-bond acceptors (Lipinski definition) is 2. The predicted molar refractivity (Wildman–Crippen MR) is 99.2 cm³/mol. The summed E-state index contributed by atoms with van der Waals surface area (Å²) in [6.07, 6.45) is 5.29. The van der Waals surface area contributed by atoms with Crippen molar-refractivity contribution in [2.75, 3.05) is 0 Å². The van der Waals surface area contributed by atoms with Gasteiger partial charge in [0.05, 0.1) is 16.9 Å². The number of carbonyl (C=O) groups is 1. The summed E-state index contributed by atoms with van der Waals surface area (Å²) in [6, 6.07) is 9.84. The van der Waals surface area contributed by atoms with Gasteiger partial charge in [-0.1, -0.05) is 36.2 Å². The van der Waals surface area contributed by atoms with Gasteiger partial charge in [-0.05, 0) is 63.0 Å². The molecular formula is C20H24ClN3O. The third-order valence-corrected chi connectivity index (χ3v) is 6.37. The van der Waals surface area contributed by atoms with E-state index in [0.29, 0.717) is 22.3 Å². The van der Waals surface area contributed by atoms with E-state index in [2.05, 4.69) is 17.3 Å². The largest absolute Gasteiger partial charge is 0.349 e. The molecule has 2 aliphatic rings. The third-order valence-electron chi connectivity index (χ3n) is 6.03. The van der Waals surface area contributed by atoms with Crippen molar-refractivity contribution in [3.63, 3.8) is 0 Å². The number of para-hydroxylation sites is 1. The standard InChI is InChI=1S/C20H24ClN3O/c1-12(17-11-14-8-9-15(17)10-14)22-20(25)18-13(2)23-24(19(18)21)16-6-4-3-5-7-16/h3-7,12,14-15,17H,8-11H2,1-2H3,(H,22,25)/t12-,14-,15-,17+/m0/s1. The van der Waals surface area contributed by atoms with Crippen LogP contribution >= 0.6 is 11.6 Å². The van der Waals surface area contributed by atoms with Gasteiger partial charge in [0.25, 0.3) is 5.91 Å². The van der Waals surface area contributed by atoms with Crippen LogP contribution in [0.2, 0.25) is 5.15 Å². The van der Waals surface area contributed by atoms with E-state index in [4.69, 9.17) is 11.6 Å². The van der Waals surface area contributed by atoms with Crippen LogP contribution in [0.4, 0.5) is 0 Å². The van der Waals surface area contributed by atoms with E-state index in [1.165, 1.54) is 25.7 Å². The first-order chi connectivity index (χ1) is 12.0. The van der Waals surface area contributed by atoms with E-state index in [1.807, 2.05) is 37.3 Å². The lowest BCUT2D eigenvalue weighted by atomic mass is 9.84. The molecule has 4 atom stereocenters. The Hall–Kier alpha value is -1.81. The zero-order valence-corrected chi connectivity index (χ0v) is 15.5. The highest BCUT2D eigenvalue weighted by Crippen LogP contribution is 2.49. The molecule has 2 aromatic rings. The summed E-state index contributed by atoms with van der Waals surface area (Å²) in [4.78, 5) is 12.9. The quantitative estimate of drug-likeness (QED) is 0.882. The molecule has 0 aliphatic heterocycles. The van der Waals surface area contributed by atoms with Crippen LogP contribution in [0.3, 0.4) is 0 Å². The Morgan fingerprint density at radius 2 is 2.04 bits per heavy atom. The van der Waals surface area contributed by atoms with E-state index in [9.17, 15) is 4.79 Å². The normalized spacial score (nSPS) is 26.0. The second-order valence-electron chi connectivity index (χ2n) is 7.60. The lowest BCUT2D eigenvalue weighted by Crippen LogP contribution is -2.40. The fourth-order valence-corrected chi connectivity index (χ4v) is 5.15. The van der Waals surface area contributed by atoms with Crippen molar-refractivity contribution in [3.8, 4) is 5.69 Å². The number of nitrogens with one attached hydrogen (secondary N) is 1. The minimum Gasteiger partial charge on any atom is -0.349 e. The first kappa shape index (κ1) is 16.6. The highest BCUT2D eigenvalue weighted by molar-refractivity contribution is 6.33. The van der Waals surface area contributed by atoms with Crippen LogP contribution in [0.15, 0.2) is 30.3 Å². The summed E-state index contributed by atoms with van der Waals surface area (Å²) in [7, 11) is 0. The molecule has 0 radical (unpaired) electrons. The molecular weight excluding hydrogens is 334 g/mol. The Morgan fingerprint density at radius 3 is 2.68 bits per heavy atom. The Balaban J connectivity index is 1.53. The van der Waals surface area contributed by atoms with Crippen molar-refractivity contribution in [2.45, 2.75) is 45.6 Å². The molecule has 1 N–H and O–H groups in total. The SMILES string of the molecule is Cc1nn(-c2ccccc2)c(Cl)c1C(=O)N[C@@H](C)[C@H]1C[C@H]2CC[C@H]1C2. The molecule has 1 heterocycles. The van der Waals surface area contributed by atoms with Gasteiger partial charge in [-0.3, -0.25) is 4.79 Å². The number of fused-ring (bicyclic) bond motifs is 2. The number of nitrogens with zero attached hydrogens (tertiary/aromatic N) is 2. The molecule has 1 aromatic carbocycles. The van der Waals surface area contributed by atoms with Gasteiger partial charge in [0.2, 0.25) is 0 Å². The van der Waals surface area contributed by atoms with Gasteiger partial charge in [0.1, 0.15) is 5.15 Å². The molecule has 2 bridgehead atoms. The van der Waals surface area contributed by atoms with Crippen molar-refractivity contribution in [3.05, 3.63) is 46.7 Å². The predicted octanol–water partition coefficient (Wildman–Crippen LogP) is 4.39. The smallest absolute Gasteiger partial charge is 0.256 e. The van der Waals surface area contributed by atoms with Crippen molar-refractivity contribution in [2.24, 2.45) is 17.8 Å². The number of hydrogen-bond donors (Lipinski definition) is 1. The molecule has 0 saturated heterocycles. The molecule has 0 spiro atoms. The van der Waals surface area contributed by atoms with Crippen LogP contribution < -0.4 is 5.32 Å². The van der Waals surface area contributed by atoms with Gasteiger partial charge in [-0.2, -0.15) is 5.10 Å². The van der Waals surface area contributed by atoms with Crippen LogP contribution in [-0.4, -0.2) is 21.7 Å². The van der Waals surface area contributed by atoms with Crippen molar-refractivity contribution < 1.29 is 4.79 Å². The van der Waals surface area contributed by atoms with E-state index in [-0.39, 0.29) is 11.9 Å². The number of aryl methyl sites for hydroxylation is 1. The zero-order valence-electron chi connectivity index (χ0n) is 14.7. The number of benzene rings is 1. The first-order valence-corrected chi connectivity index (χ1v) is 9.53. The fourth-order valence-electron chi connectivity index (χ4n) is 4.79. The average Bonchev–Trinajstić information content (AvgIpc) is 3.30. The summed E-state index contributed by atoms with van der Waals surface area (Å²) in [6.45, 7) is 3.97. The number of aromatic nitrogens is 2. The maximum absolute atomic E-state index is 12.9. The Morgan fingerprint density at radius 1 is 1.28 bits per heavy atom. The topological polar surface area (TPSA) is 46.9 Å². The fraction of sp³-hybridized carbons (Fsp3) is 0.500. The lowest BCUT2D eigenvalue weighted by molar-refractivity contribution is 0.0915. The van der Waals surface area contributed by atoms with Crippen molar-refractivity contribution >= 4 is 17.5 Å². The Labute approximate surface area is 153 Å². The summed E-state index contributed by atoms with van der Waals surface area (Å²) in [5.41, 5.74) is 2.00. The molecule has 0 unspecified atom stereocenters. The van der Waals surface area contributed by atoms with Crippen LogP contribution in [0.1, 0.15) is 48.7 Å². The van der Waals surface area contributed by atoms with Gasteiger partial charge >= 0.3 is 0 Å². The Kier molecular flexibility index (Phi) is 4.32. The molecule has 5 heteroatoms. The minimum absolute atomic E-state index is 0.111. The van der Waals surface area contributed by atoms with E-state index in [0.717, 1.165) is 17.5 Å².